The summed E-state index contributed by atoms with van der Waals surface area (Å²) in [5.74, 6) is 0.737. The highest BCUT2D eigenvalue weighted by Crippen LogP contribution is 2.38. The van der Waals surface area contributed by atoms with Gasteiger partial charge in [-0.1, -0.05) is 36.4 Å². The molecule has 0 radical (unpaired) electrons. The number of nitrogen functional groups attached to an aromatic ring is 1. The number of piperidine rings is 1. The second-order valence-electron chi connectivity index (χ2n) is 9.44. The summed E-state index contributed by atoms with van der Waals surface area (Å²) in [5, 5.41) is 8.58. The van der Waals surface area contributed by atoms with Gasteiger partial charge in [-0.05, 0) is 49.1 Å². The molecule has 8 nitrogen and oxygen atoms in total. The van der Waals surface area contributed by atoms with Crippen molar-refractivity contribution in [1.82, 2.24) is 29.8 Å². The number of fused-ring (bicyclic) bond motifs is 2. The Bertz CT molecular complexity index is 1570. The van der Waals surface area contributed by atoms with Crippen molar-refractivity contribution in [3.05, 3.63) is 77.2 Å². The highest BCUT2D eigenvalue weighted by atomic mass is 32.1. The molecule has 2 amide bonds. The van der Waals surface area contributed by atoms with E-state index in [1.54, 1.807) is 11.3 Å². The molecule has 0 bridgehead atoms. The molecular formula is C28H29N7OS. The molecule has 6 rings (SSSR count). The summed E-state index contributed by atoms with van der Waals surface area (Å²) in [5.41, 5.74) is 12.6. The summed E-state index contributed by atoms with van der Waals surface area (Å²) in [7, 11) is 0. The van der Waals surface area contributed by atoms with E-state index < -0.39 is 0 Å². The van der Waals surface area contributed by atoms with E-state index in [4.69, 9.17) is 10.7 Å². The van der Waals surface area contributed by atoms with E-state index in [1.807, 2.05) is 22.4 Å². The van der Waals surface area contributed by atoms with Crippen LogP contribution in [0.25, 0.3) is 26.9 Å². The zero-order chi connectivity index (χ0) is 25.4. The van der Waals surface area contributed by atoms with Gasteiger partial charge in [0.25, 0.3) is 0 Å². The average Bonchev–Trinajstić information content (AvgIpc) is 3.51. The average molecular weight is 512 g/mol. The third kappa shape index (κ3) is 4.51. The van der Waals surface area contributed by atoms with Gasteiger partial charge in [-0.25, -0.2) is 19.3 Å². The summed E-state index contributed by atoms with van der Waals surface area (Å²) in [4.78, 5) is 23.4. The summed E-state index contributed by atoms with van der Waals surface area (Å²) in [6.45, 7) is 4.01. The second-order valence-corrected chi connectivity index (χ2v) is 10.6. The molecule has 0 atom stereocenters. The number of rotatable bonds is 5. The number of hydrogen-bond acceptors (Lipinski definition) is 6. The quantitative estimate of drug-likeness (QED) is 0.342. The highest BCUT2D eigenvalue weighted by molar-refractivity contribution is 7.18. The maximum absolute atomic E-state index is 12.3. The molecule has 4 heterocycles. The molecule has 0 saturated carbocycles. The van der Waals surface area contributed by atoms with Gasteiger partial charge in [0.05, 0.1) is 15.2 Å². The normalized spacial score (nSPS) is 14.5. The highest BCUT2D eigenvalue weighted by Gasteiger charge is 2.27. The number of carbonyl (C=O) groups excluding carboxylic acids is 1. The number of nitrogens with two attached hydrogens (primary N) is 1. The van der Waals surface area contributed by atoms with Gasteiger partial charge in [0.1, 0.15) is 11.8 Å². The van der Waals surface area contributed by atoms with Crippen LogP contribution in [0.3, 0.4) is 0 Å². The largest absolute Gasteiger partial charge is 0.382 e. The van der Waals surface area contributed by atoms with Crippen LogP contribution < -0.4 is 11.1 Å². The number of thiazole rings is 1. The van der Waals surface area contributed by atoms with Gasteiger partial charge < -0.3 is 16.0 Å². The number of aromatic nitrogens is 4. The molecule has 0 spiro atoms. The second kappa shape index (κ2) is 9.82. The minimum absolute atomic E-state index is 0.0106. The smallest absolute Gasteiger partial charge is 0.317 e. The Balaban J connectivity index is 1.33. The summed E-state index contributed by atoms with van der Waals surface area (Å²) >= 11 is 1.73. The number of hydrogen-bond donors (Lipinski definition) is 2. The zero-order valence-corrected chi connectivity index (χ0v) is 21.5. The zero-order valence-electron chi connectivity index (χ0n) is 20.7. The van der Waals surface area contributed by atoms with Crippen molar-refractivity contribution in [3.8, 4) is 11.1 Å². The van der Waals surface area contributed by atoms with E-state index in [0.717, 1.165) is 52.1 Å². The van der Waals surface area contributed by atoms with Crippen LogP contribution in [0.2, 0.25) is 0 Å². The minimum Gasteiger partial charge on any atom is -0.382 e. The van der Waals surface area contributed by atoms with Crippen molar-refractivity contribution in [2.45, 2.75) is 32.1 Å². The third-order valence-electron chi connectivity index (χ3n) is 7.08. The number of urea groups is 1. The monoisotopic (exact) mass is 511 g/mol. The molecule has 3 N–H and O–H groups in total. The first kappa shape index (κ1) is 23.4. The van der Waals surface area contributed by atoms with Crippen LogP contribution in [0, 0.1) is 0 Å². The van der Waals surface area contributed by atoms with Crippen LogP contribution >= 0.6 is 11.3 Å². The van der Waals surface area contributed by atoms with Crippen LogP contribution in [0.4, 0.5) is 10.6 Å². The molecule has 9 heteroatoms. The first-order valence-corrected chi connectivity index (χ1v) is 13.5. The fourth-order valence-corrected chi connectivity index (χ4v) is 6.22. The summed E-state index contributed by atoms with van der Waals surface area (Å²) < 4.78 is 3.11. The molecule has 5 aromatic rings. The molecule has 3 aromatic heterocycles. The first-order valence-electron chi connectivity index (χ1n) is 12.7. The Hall–Kier alpha value is -3.98. The number of amides is 2. The van der Waals surface area contributed by atoms with Gasteiger partial charge >= 0.3 is 6.03 Å². The number of nitrogens with one attached hydrogen (secondary N) is 1. The van der Waals surface area contributed by atoms with Gasteiger partial charge in [-0.2, -0.15) is 5.10 Å². The molecule has 37 heavy (non-hydrogen) atoms. The van der Waals surface area contributed by atoms with Gasteiger partial charge in [0, 0.05) is 43.2 Å². The van der Waals surface area contributed by atoms with E-state index in [-0.39, 0.29) is 11.9 Å². The standard InChI is InChI=1S/C28H29N7OS/c1-2-30-28(36)34-12-10-19(11-13-34)23-16-21(26-27(29)31-17-32-35(23)26)20-8-9-24-22(15-20)33-25(37-24)14-18-6-4-3-5-7-18/h3-9,15-17,19H,2,10-14H2,1H3,(H,30,36)(H2,29,31,32). The third-order valence-corrected chi connectivity index (χ3v) is 8.12. The van der Waals surface area contributed by atoms with Gasteiger partial charge in [0.15, 0.2) is 5.82 Å². The van der Waals surface area contributed by atoms with Crippen molar-refractivity contribution < 1.29 is 4.79 Å². The van der Waals surface area contributed by atoms with E-state index in [0.29, 0.717) is 25.5 Å². The lowest BCUT2D eigenvalue weighted by Gasteiger charge is -2.31. The van der Waals surface area contributed by atoms with Crippen LogP contribution in [0.15, 0.2) is 60.9 Å². The minimum atomic E-state index is 0.0106. The molecule has 0 aliphatic carbocycles. The van der Waals surface area contributed by atoms with Crippen molar-refractivity contribution in [1.29, 1.82) is 0 Å². The van der Waals surface area contributed by atoms with E-state index in [9.17, 15) is 4.79 Å². The van der Waals surface area contributed by atoms with Crippen LogP contribution in [0.5, 0.6) is 0 Å². The number of carbonyl (C=O) groups is 1. The molecule has 188 valence electrons. The Morgan fingerprint density at radius 2 is 1.95 bits per heavy atom. The maximum Gasteiger partial charge on any atom is 0.317 e. The molecule has 1 saturated heterocycles. The number of anilines is 1. The topological polar surface area (TPSA) is 101 Å². The predicted octanol–water partition coefficient (Wildman–Crippen LogP) is 5.09. The van der Waals surface area contributed by atoms with Gasteiger partial charge in [-0.3, -0.25) is 0 Å². The van der Waals surface area contributed by atoms with E-state index >= 15 is 0 Å². The van der Waals surface area contributed by atoms with Crippen molar-refractivity contribution in [3.63, 3.8) is 0 Å². The number of nitrogens with zero attached hydrogens (tertiary/aromatic N) is 5. The number of benzene rings is 2. The molecule has 2 aromatic carbocycles. The fourth-order valence-electron chi connectivity index (χ4n) is 5.23. The maximum atomic E-state index is 12.3. The van der Waals surface area contributed by atoms with Crippen molar-refractivity contribution in [2.75, 3.05) is 25.4 Å². The van der Waals surface area contributed by atoms with E-state index in [1.165, 1.54) is 16.6 Å². The van der Waals surface area contributed by atoms with Crippen molar-refractivity contribution >= 4 is 38.9 Å². The number of likely N-dealkylation sites (tertiary alicyclic amines) is 1. The Labute approximate surface area is 219 Å². The lowest BCUT2D eigenvalue weighted by molar-refractivity contribution is 0.181. The Morgan fingerprint density at radius 1 is 1.14 bits per heavy atom. The molecule has 1 aliphatic rings. The molecule has 1 aliphatic heterocycles. The van der Waals surface area contributed by atoms with Gasteiger partial charge in [-0.15, -0.1) is 11.3 Å². The molecular weight excluding hydrogens is 482 g/mol. The summed E-state index contributed by atoms with van der Waals surface area (Å²) in [6, 6.07) is 19.1. The van der Waals surface area contributed by atoms with Crippen LogP contribution in [-0.4, -0.2) is 50.1 Å². The fraction of sp³-hybridized carbons (Fsp3) is 0.286. The van der Waals surface area contributed by atoms with Gasteiger partial charge in [0.2, 0.25) is 0 Å². The Morgan fingerprint density at radius 3 is 2.73 bits per heavy atom. The lowest BCUT2D eigenvalue weighted by atomic mass is 9.93. The molecule has 0 unspecified atom stereocenters. The molecule has 1 fully saturated rings. The van der Waals surface area contributed by atoms with Crippen molar-refractivity contribution in [2.24, 2.45) is 0 Å². The Kier molecular flexibility index (Phi) is 6.21. The van der Waals surface area contributed by atoms with E-state index in [2.05, 4.69) is 63.9 Å². The van der Waals surface area contributed by atoms with Crippen LogP contribution in [-0.2, 0) is 6.42 Å². The van der Waals surface area contributed by atoms with Crippen LogP contribution in [0.1, 0.15) is 41.9 Å². The first-order chi connectivity index (χ1) is 18.1. The predicted molar refractivity (Wildman–Crippen MR) is 148 cm³/mol. The SMILES string of the molecule is CCNC(=O)N1CCC(c2cc(-c3ccc4sc(Cc5ccccc5)nc4c3)c3c(N)ncnn23)CC1. The lowest BCUT2D eigenvalue weighted by Crippen LogP contribution is -2.44. The summed E-state index contributed by atoms with van der Waals surface area (Å²) in [6.07, 6.45) is 4.09.